The molecule has 0 aliphatic heterocycles. The lowest BCUT2D eigenvalue weighted by Crippen LogP contribution is -2.31. The van der Waals surface area contributed by atoms with Gasteiger partial charge in [-0.3, -0.25) is 14.4 Å². The van der Waals surface area contributed by atoms with Crippen LogP contribution in [0.1, 0.15) is 44.9 Å². The Kier molecular flexibility index (Phi) is 6.01. The lowest BCUT2D eigenvalue weighted by Gasteiger charge is -2.17. The van der Waals surface area contributed by atoms with Crippen LogP contribution < -0.4 is 22.3 Å². The normalized spacial score (nSPS) is 12.2. The average molecular weight is 445 g/mol. The first kappa shape index (κ1) is 22.5. The van der Waals surface area contributed by atoms with E-state index in [0.717, 1.165) is 22.9 Å². The van der Waals surface area contributed by atoms with Gasteiger partial charge in [0.25, 0.3) is 11.5 Å². The fourth-order valence-corrected chi connectivity index (χ4v) is 2.95. The lowest BCUT2D eigenvalue weighted by atomic mass is 10.0. The number of rotatable bonds is 5. The number of hydrogen-bond donors (Lipinski definition) is 3. The van der Waals surface area contributed by atoms with Crippen LogP contribution in [0, 0.1) is 0 Å². The third-order valence-corrected chi connectivity index (χ3v) is 4.56. The number of halogens is 3. The molecule has 3 rings (SSSR count). The number of carbonyl (C=O) groups excluding carboxylic acids is 2. The second-order valence-electron chi connectivity index (χ2n) is 6.96. The summed E-state index contributed by atoms with van der Waals surface area (Å²) in [4.78, 5) is 36.3. The maximum atomic E-state index is 13.0. The van der Waals surface area contributed by atoms with Crippen molar-refractivity contribution in [3.05, 3.63) is 87.3 Å². The van der Waals surface area contributed by atoms with E-state index in [1.807, 2.05) is 0 Å². The predicted octanol–water partition coefficient (Wildman–Crippen LogP) is 2.42. The van der Waals surface area contributed by atoms with E-state index in [-0.39, 0.29) is 28.2 Å². The first-order valence-corrected chi connectivity index (χ1v) is 9.25. The van der Waals surface area contributed by atoms with Crippen LogP contribution >= 0.6 is 0 Å². The summed E-state index contributed by atoms with van der Waals surface area (Å²) in [7, 11) is 0. The third kappa shape index (κ3) is 4.94. The highest BCUT2D eigenvalue weighted by Gasteiger charge is 2.31. The number of carbonyl (C=O) groups is 2. The van der Waals surface area contributed by atoms with E-state index < -0.39 is 35.2 Å². The number of primary amides is 1. The molecule has 1 atom stereocenters. The molecule has 32 heavy (non-hydrogen) atoms. The molecule has 1 aromatic heterocycles. The van der Waals surface area contributed by atoms with Crippen LogP contribution in [0.3, 0.4) is 0 Å². The number of nitrogens with zero attached hydrogens (tertiary/aromatic N) is 2. The van der Waals surface area contributed by atoms with Crippen LogP contribution in [0.2, 0.25) is 0 Å². The fourth-order valence-electron chi connectivity index (χ4n) is 2.95. The van der Waals surface area contributed by atoms with Crippen LogP contribution in [-0.2, 0) is 6.18 Å². The van der Waals surface area contributed by atoms with Gasteiger partial charge >= 0.3 is 6.18 Å². The van der Waals surface area contributed by atoms with Crippen LogP contribution in [-0.4, -0.2) is 21.6 Å². The number of benzene rings is 2. The van der Waals surface area contributed by atoms with E-state index in [1.54, 1.807) is 0 Å². The minimum absolute atomic E-state index is 0.100. The highest BCUT2D eigenvalue weighted by molar-refractivity contribution is 5.93. The molecule has 166 valence electrons. The van der Waals surface area contributed by atoms with E-state index >= 15 is 0 Å². The molecule has 3 aromatic rings. The summed E-state index contributed by atoms with van der Waals surface area (Å²) in [6.45, 7) is 1.49. The van der Waals surface area contributed by atoms with Crippen molar-refractivity contribution in [2.75, 3.05) is 5.73 Å². The van der Waals surface area contributed by atoms with Crippen molar-refractivity contribution in [2.24, 2.45) is 5.73 Å². The maximum Gasteiger partial charge on any atom is 0.416 e. The number of nitrogen functional groups attached to an aromatic ring is 1. The molecule has 0 saturated carbocycles. The van der Waals surface area contributed by atoms with Crippen molar-refractivity contribution in [2.45, 2.75) is 19.1 Å². The zero-order valence-electron chi connectivity index (χ0n) is 16.7. The first-order chi connectivity index (χ1) is 15.0. The Morgan fingerprint density at radius 2 is 1.81 bits per heavy atom. The number of hydrogen-bond acceptors (Lipinski definition) is 5. The Morgan fingerprint density at radius 1 is 1.09 bits per heavy atom. The van der Waals surface area contributed by atoms with Crippen molar-refractivity contribution >= 4 is 17.5 Å². The molecule has 0 fully saturated rings. The smallest absolute Gasteiger partial charge is 0.399 e. The highest BCUT2D eigenvalue weighted by atomic mass is 19.4. The predicted molar refractivity (Wildman–Crippen MR) is 110 cm³/mol. The second kappa shape index (κ2) is 8.53. The molecule has 5 N–H and O–H groups in total. The van der Waals surface area contributed by atoms with Crippen LogP contribution in [0.25, 0.3) is 5.69 Å². The van der Waals surface area contributed by atoms with Crippen molar-refractivity contribution in [1.82, 2.24) is 15.1 Å². The summed E-state index contributed by atoms with van der Waals surface area (Å²) in [5.41, 5.74) is 9.54. The van der Waals surface area contributed by atoms with Gasteiger partial charge in [-0.15, -0.1) is 0 Å². The van der Waals surface area contributed by atoms with Gasteiger partial charge in [0, 0.05) is 17.3 Å². The maximum absolute atomic E-state index is 13.0. The van der Waals surface area contributed by atoms with Gasteiger partial charge in [-0.2, -0.15) is 23.0 Å². The number of amides is 2. The molecule has 0 bridgehead atoms. The minimum atomic E-state index is -4.59. The molecular weight excluding hydrogens is 427 g/mol. The van der Waals surface area contributed by atoms with Gasteiger partial charge in [0.1, 0.15) is 5.69 Å². The van der Waals surface area contributed by atoms with Crippen molar-refractivity contribution in [3.63, 3.8) is 0 Å². The Bertz CT molecular complexity index is 1250. The van der Waals surface area contributed by atoms with Gasteiger partial charge in [-0.1, -0.05) is 6.07 Å². The van der Waals surface area contributed by atoms with Gasteiger partial charge in [-0.05, 0) is 55.0 Å². The van der Waals surface area contributed by atoms with Gasteiger partial charge < -0.3 is 16.8 Å². The van der Waals surface area contributed by atoms with Crippen LogP contribution in [0.4, 0.5) is 18.9 Å². The zero-order chi connectivity index (χ0) is 23.6. The zero-order valence-corrected chi connectivity index (χ0v) is 16.7. The summed E-state index contributed by atoms with van der Waals surface area (Å²) in [5, 5.41) is 6.53. The van der Waals surface area contributed by atoms with Gasteiger partial charge in [0.05, 0.1) is 17.3 Å². The standard InChI is InChI=1S/C21H18F3N5O3/c1-11(13-7-14(21(22,23)24)10-15(25)8-13)27-20(32)17-5-6-18(30)29(28-17)16-4-2-3-12(9-16)19(26)31/h2-11H,25H2,1H3,(H2,26,31)(H,27,32)/t11-/m1/s1. The molecule has 8 nitrogen and oxygen atoms in total. The molecule has 0 radical (unpaired) electrons. The molecule has 0 saturated heterocycles. The molecule has 11 heteroatoms. The number of anilines is 1. The van der Waals surface area contributed by atoms with E-state index in [2.05, 4.69) is 10.4 Å². The van der Waals surface area contributed by atoms with Crippen molar-refractivity contribution in [1.29, 1.82) is 0 Å². The van der Waals surface area contributed by atoms with E-state index in [0.29, 0.717) is 0 Å². The lowest BCUT2D eigenvalue weighted by molar-refractivity contribution is -0.137. The van der Waals surface area contributed by atoms with Crippen LogP contribution in [0.15, 0.2) is 59.4 Å². The Hall–Kier alpha value is -4.15. The van der Waals surface area contributed by atoms with Gasteiger partial charge in [0.15, 0.2) is 0 Å². The summed E-state index contributed by atoms with van der Waals surface area (Å²) in [5.74, 6) is -1.43. The Morgan fingerprint density at radius 3 is 2.47 bits per heavy atom. The molecule has 2 amide bonds. The highest BCUT2D eigenvalue weighted by Crippen LogP contribution is 2.32. The largest absolute Gasteiger partial charge is 0.416 e. The number of aromatic nitrogens is 2. The van der Waals surface area contributed by atoms with Crippen molar-refractivity contribution in [3.8, 4) is 5.69 Å². The summed E-state index contributed by atoms with van der Waals surface area (Å²) < 4.78 is 40.1. The van der Waals surface area contributed by atoms with Crippen LogP contribution in [0.5, 0.6) is 0 Å². The topological polar surface area (TPSA) is 133 Å². The molecule has 0 aliphatic rings. The molecule has 2 aromatic carbocycles. The molecular formula is C21H18F3N5O3. The summed E-state index contributed by atoms with van der Waals surface area (Å²) in [6.07, 6.45) is -4.59. The van der Waals surface area contributed by atoms with Crippen molar-refractivity contribution < 1.29 is 22.8 Å². The quantitative estimate of drug-likeness (QED) is 0.519. The molecule has 0 spiro atoms. The average Bonchev–Trinajstić information content (AvgIpc) is 2.73. The van der Waals surface area contributed by atoms with E-state index in [4.69, 9.17) is 11.5 Å². The molecule has 0 unspecified atom stereocenters. The third-order valence-electron chi connectivity index (χ3n) is 4.56. The Balaban J connectivity index is 1.89. The first-order valence-electron chi connectivity index (χ1n) is 9.25. The Labute approximate surface area is 179 Å². The number of nitrogens with one attached hydrogen (secondary N) is 1. The fraction of sp³-hybridized carbons (Fsp3) is 0.143. The summed E-state index contributed by atoms with van der Waals surface area (Å²) >= 11 is 0. The van der Waals surface area contributed by atoms with Gasteiger partial charge in [0.2, 0.25) is 5.91 Å². The van der Waals surface area contributed by atoms with Gasteiger partial charge in [-0.25, -0.2) is 0 Å². The number of alkyl halides is 3. The van der Waals surface area contributed by atoms with E-state index in [1.165, 1.54) is 43.3 Å². The summed E-state index contributed by atoms with van der Waals surface area (Å²) in [6, 6.07) is 10.2. The molecule has 1 heterocycles. The van der Waals surface area contributed by atoms with E-state index in [9.17, 15) is 27.6 Å². The molecule has 0 aliphatic carbocycles. The SMILES string of the molecule is C[C@@H](NC(=O)c1ccc(=O)n(-c2cccc(C(N)=O)c2)n1)c1cc(N)cc(C(F)(F)F)c1. The number of nitrogens with two attached hydrogens (primary N) is 2. The minimum Gasteiger partial charge on any atom is -0.399 e. The second-order valence-corrected chi connectivity index (χ2v) is 6.96. The monoisotopic (exact) mass is 445 g/mol.